The first kappa shape index (κ1) is 20.7. The third-order valence-corrected chi connectivity index (χ3v) is 6.33. The van der Waals surface area contributed by atoms with Crippen LogP contribution < -0.4 is 4.90 Å². The molecule has 0 aromatic heterocycles. The van der Waals surface area contributed by atoms with Crippen molar-refractivity contribution in [3.8, 4) is 0 Å². The zero-order chi connectivity index (χ0) is 23.4. The van der Waals surface area contributed by atoms with E-state index in [2.05, 4.69) is 5.10 Å². The quantitative estimate of drug-likeness (QED) is 0.308. The van der Waals surface area contributed by atoms with E-state index >= 15 is 0 Å². The Morgan fingerprint density at radius 3 is 2.48 bits per heavy atom. The van der Waals surface area contributed by atoms with Gasteiger partial charge in [-0.05, 0) is 42.8 Å². The lowest BCUT2D eigenvalue weighted by atomic mass is 9.86. The summed E-state index contributed by atoms with van der Waals surface area (Å²) in [5.41, 5.74) is 0.570. The average molecular weight is 448 g/mol. The van der Waals surface area contributed by atoms with Crippen LogP contribution in [0, 0.1) is 34.7 Å². The van der Waals surface area contributed by atoms with Gasteiger partial charge in [0.05, 0.1) is 28.5 Å². The summed E-state index contributed by atoms with van der Waals surface area (Å²) in [7, 11) is 0. The first-order chi connectivity index (χ1) is 15.8. The molecule has 0 bridgehead atoms. The van der Waals surface area contributed by atoms with Crippen LogP contribution in [-0.2, 0) is 9.59 Å². The largest absolute Gasteiger partial charge is 0.292 e. The van der Waals surface area contributed by atoms with Crippen LogP contribution in [0.3, 0.4) is 0 Å². The number of benzene rings is 2. The van der Waals surface area contributed by atoms with Crippen LogP contribution in [0.25, 0.3) is 0 Å². The second-order valence-electron chi connectivity index (χ2n) is 8.13. The molecule has 0 aliphatic carbocycles. The molecule has 9 nitrogen and oxygen atoms in total. The number of carbonyl (C=O) groups excluding carboxylic acids is 3. The number of carbonyl (C=O) groups is 3. The number of non-ortho nitro benzene ring substituents is 1. The molecule has 3 heterocycles. The Bertz CT molecular complexity index is 1270. The standard InChI is InChI=1S/C23H17FN4O5/c1-12-4-9-15(28(32)33)11-17(12)26-22(30)18-16-3-2-10-25-27(16)20(19(18)23(26)31)21(29)13-5-7-14(24)8-6-13/h2-11,16,18-20H,1H3/t16-,18-,19+,20-/m0/s1. The molecule has 2 saturated heterocycles. The Hall–Kier alpha value is -4.21. The van der Waals surface area contributed by atoms with Crippen molar-refractivity contribution in [2.24, 2.45) is 16.9 Å². The first-order valence-corrected chi connectivity index (χ1v) is 10.2. The Balaban J connectivity index is 1.59. The Morgan fingerprint density at radius 2 is 1.79 bits per heavy atom. The molecule has 0 radical (unpaired) electrons. The lowest BCUT2D eigenvalue weighted by molar-refractivity contribution is -0.384. The van der Waals surface area contributed by atoms with Gasteiger partial charge in [0.2, 0.25) is 11.8 Å². The van der Waals surface area contributed by atoms with E-state index in [9.17, 15) is 28.9 Å². The number of halogens is 1. The lowest BCUT2D eigenvalue weighted by Gasteiger charge is -2.30. The van der Waals surface area contributed by atoms with E-state index in [1.807, 2.05) is 0 Å². The van der Waals surface area contributed by atoms with Crippen molar-refractivity contribution in [1.82, 2.24) is 5.01 Å². The maximum absolute atomic E-state index is 13.6. The number of ketones is 1. The van der Waals surface area contributed by atoms with Crippen molar-refractivity contribution in [2.45, 2.75) is 19.0 Å². The number of fused-ring (bicyclic) bond motifs is 3. The number of allylic oxidation sites excluding steroid dienone is 1. The van der Waals surface area contributed by atoms with E-state index in [4.69, 9.17) is 0 Å². The van der Waals surface area contributed by atoms with Gasteiger partial charge in [-0.3, -0.25) is 29.5 Å². The smallest absolute Gasteiger partial charge is 0.271 e. The normalized spacial score (nSPS) is 25.4. The van der Waals surface area contributed by atoms with Gasteiger partial charge in [0.1, 0.15) is 11.9 Å². The predicted octanol–water partition coefficient (Wildman–Crippen LogP) is 2.64. The number of nitro groups is 1. The minimum atomic E-state index is -1.08. The summed E-state index contributed by atoms with van der Waals surface area (Å²) in [6.45, 7) is 1.64. The van der Waals surface area contributed by atoms with Crippen molar-refractivity contribution in [1.29, 1.82) is 0 Å². The molecular formula is C23H17FN4O5. The van der Waals surface area contributed by atoms with Gasteiger partial charge in [-0.2, -0.15) is 5.10 Å². The summed E-state index contributed by atoms with van der Waals surface area (Å²) in [6.07, 6.45) is 4.82. The molecule has 0 spiro atoms. The van der Waals surface area contributed by atoms with Crippen LogP contribution >= 0.6 is 0 Å². The van der Waals surface area contributed by atoms with Crippen molar-refractivity contribution < 1.29 is 23.7 Å². The molecule has 2 aromatic rings. The summed E-state index contributed by atoms with van der Waals surface area (Å²) in [5, 5.41) is 17.0. The summed E-state index contributed by atoms with van der Waals surface area (Å²) in [4.78, 5) is 52.1. The van der Waals surface area contributed by atoms with E-state index in [0.29, 0.717) is 5.56 Å². The molecule has 5 rings (SSSR count). The number of rotatable bonds is 4. The number of aryl methyl sites for hydroxylation is 1. The van der Waals surface area contributed by atoms with Crippen molar-refractivity contribution in [2.75, 3.05) is 4.90 Å². The van der Waals surface area contributed by atoms with E-state index in [-0.39, 0.29) is 16.9 Å². The Labute approximate surface area is 186 Å². The molecular weight excluding hydrogens is 431 g/mol. The van der Waals surface area contributed by atoms with Gasteiger partial charge < -0.3 is 0 Å². The van der Waals surface area contributed by atoms with E-state index in [1.54, 1.807) is 19.1 Å². The van der Waals surface area contributed by atoms with Gasteiger partial charge in [0, 0.05) is 23.9 Å². The van der Waals surface area contributed by atoms with Gasteiger partial charge in [0.15, 0.2) is 5.78 Å². The molecule has 10 heteroatoms. The fraction of sp³-hybridized carbons (Fsp3) is 0.217. The average Bonchev–Trinajstić information content (AvgIpc) is 3.27. The highest BCUT2D eigenvalue weighted by molar-refractivity contribution is 6.25. The molecule has 0 unspecified atom stereocenters. The number of hydrogen-bond acceptors (Lipinski definition) is 7. The fourth-order valence-electron chi connectivity index (χ4n) is 4.81. The van der Waals surface area contributed by atoms with Crippen LogP contribution in [0.15, 0.2) is 59.7 Å². The number of Topliss-reactive ketones (excluding diaryl/α,β-unsaturated/α-hetero) is 1. The molecule has 166 valence electrons. The van der Waals surface area contributed by atoms with Crippen molar-refractivity contribution >= 4 is 35.2 Å². The fourth-order valence-corrected chi connectivity index (χ4v) is 4.81. The minimum absolute atomic E-state index is 0.122. The third-order valence-electron chi connectivity index (χ3n) is 6.33. The maximum atomic E-state index is 13.6. The van der Waals surface area contributed by atoms with Gasteiger partial charge in [-0.15, -0.1) is 0 Å². The lowest BCUT2D eigenvalue weighted by Crippen LogP contribution is -2.46. The topological polar surface area (TPSA) is 113 Å². The molecule has 2 aromatic carbocycles. The molecule has 2 amide bonds. The van der Waals surface area contributed by atoms with Gasteiger partial charge in [0.25, 0.3) is 5.69 Å². The summed E-state index contributed by atoms with van der Waals surface area (Å²) >= 11 is 0. The second kappa shape index (κ2) is 7.44. The molecule has 33 heavy (non-hydrogen) atoms. The highest BCUT2D eigenvalue weighted by atomic mass is 19.1. The van der Waals surface area contributed by atoms with Crippen molar-refractivity contribution in [3.63, 3.8) is 0 Å². The summed E-state index contributed by atoms with van der Waals surface area (Å²) in [5.74, 6) is -4.06. The minimum Gasteiger partial charge on any atom is -0.292 e. The summed E-state index contributed by atoms with van der Waals surface area (Å²) in [6, 6.07) is 7.21. The summed E-state index contributed by atoms with van der Waals surface area (Å²) < 4.78 is 13.4. The number of hydrogen-bond donors (Lipinski definition) is 0. The Morgan fingerprint density at radius 1 is 1.09 bits per heavy atom. The highest BCUT2D eigenvalue weighted by Crippen LogP contribution is 2.47. The monoisotopic (exact) mass is 448 g/mol. The molecule has 0 saturated carbocycles. The van der Waals surface area contributed by atoms with Crippen LogP contribution in [0.4, 0.5) is 15.8 Å². The number of hydrazone groups is 1. The van der Waals surface area contributed by atoms with Gasteiger partial charge in [-0.25, -0.2) is 9.29 Å². The first-order valence-electron chi connectivity index (χ1n) is 10.2. The van der Waals surface area contributed by atoms with Crippen LogP contribution in [0.2, 0.25) is 0 Å². The number of anilines is 1. The van der Waals surface area contributed by atoms with Crippen LogP contribution in [-0.4, -0.2) is 45.8 Å². The molecule has 0 N–H and O–H groups in total. The number of imide groups is 1. The predicted molar refractivity (Wildman–Crippen MR) is 115 cm³/mol. The van der Waals surface area contributed by atoms with Crippen LogP contribution in [0.5, 0.6) is 0 Å². The second-order valence-corrected chi connectivity index (χ2v) is 8.13. The zero-order valence-corrected chi connectivity index (χ0v) is 17.3. The SMILES string of the molecule is Cc1ccc([N+](=O)[O-])cc1N1C(=O)[C@@H]2[C@@H](C1=O)[C@@H]1C=CC=NN1[C@@H]2C(=O)c1ccc(F)cc1. The molecule has 4 atom stereocenters. The number of amides is 2. The third kappa shape index (κ3) is 3.05. The highest BCUT2D eigenvalue weighted by Gasteiger charge is 2.64. The van der Waals surface area contributed by atoms with E-state index in [0.717, 1.165) is 17.0 Å². The van der Waals surface area contributed by atoms with E-state index in [1.165, 1.54) is 41.6 Å². The zero-order valence-electron chi connectivity index (χ0n) is 17.3. The van der Waals surface area contributed by atoms with Crippen LogP contribution in [0.1, 0.15) is 15.9 Å². The molecule has 3 aliphatic rings. The molecule has 3 aliphatic heterocycles. The van der Waals surface area contributed by atoms with E-state index < -0.39 is 52.3 Å². The Kier molecular flexibility index (Phi) is 4.66. The number of nitro benzene ring substituents is 1. The molecule has 2 fully saturated rings. The maximum Gasteiger partial charge on any atom is 0.271 e. The van der Waals surface area contributed by atoms with Crippen molar-refractivity contribution in [3.05, 3.63) is 81.7 Å². The van der Waals surface area contributed by atoms with Gasteiger partial charge in [-0.1, -0.05) is 12.1 Å². The van der Waals surface area contributed by atoms with Gasteiger partial charge >= 0.3 is 0 Å². The number of nitrogens with zero attached hydrogens (tertiary/aromatic N) is 4.